The second-order valence-electron chi connectivity index (χ2n) is 9.29. The van der Waals surface area contributed by atoms with Gasteiger partial charge in [-0.2, -0.15) is 0 Å². The molecule has 5 heteroatoms. The zero-order chi connectivity index (χ0) is 25.0. The van der Waals surface area contributed by atoms with E-state index in [1.165, 1.54) is 0 Å². The topological polar surface area (TPSA) is 76.0 Å². The predicted octanol–water partition coefficient (Wildman–Crippen LogP) is 6.82. The second-order valence-corrected chi connectivity index (χ2v) is 9.29. The van der Waals surface area contributed by atoms with Crippen molar-refractivity contribution in [3.63, 3.8) is 0 Å². The van der Waals surface area contributed by atoms with Crippen LogP contribution in [0.5, 0.6) is 17.2 Å². The normalized spacial score (nSPS) is 11.2. The van der Waals surface area contributed by atoms with E-state index in [0.29, 0.717) is 5.75 Å². The number of carbonyl (C=O) groups is 1. The van der Waals surface area contributed by atoms with Crippen LogP contribution in [0.15, 0.2) is 91.0 Å². The lowest BCUT2D eigenvalue weighted by molar-refractivity contribution is -0.157. The van der Waals surface area contributed by atoms with E-state index < -0.39 is 11.6 Å². The van der Waals surface area contributed by atoms with Gasteiger partial charge in [0.05, 0.1) is 0 Å². The molecule has 0 bridgehead atoms. The molecule has 0 aliphatic heterocycles. The Bertz CT molecular complexity index is 1240. The molecule has 0 atom stereocenters. The van der Waals surface area contributed by atoms with Crippen LogP contribution in [-0.2, 0) is 9.53 Å². The average Bonchev–Trinajstić information content (AvgIpc) is 2.83. The fourth-order valence-corrected chi connectivity index (χ4v) is 3.69. The smallest absolute Gasteiger partial charge is 0.344 e. The highest BCUT2D eigenvalue weighted by Crippen LogP contribution is 2.34. The van der Waals surface area contributed by atoms with Crippen molar-refractivity contribution in [1.82, 2.24) is 0 Å². The molecule has 0 saturated heterocycles. The van der Waals surface area contributed by atoms with Gasteiger partial charge in [0.15, 0.2) is 6.61 Å². The Kier molecular flexibility index (Phi) is 6.78. The highest BCUT2D eigenvalue weighted by molar-refractivity contribution is 5.81. The van der Waals surface area contributed by atoms with E-state index in [1.807, 2.05) is 69.3 Å². The van der Waals surface area contributed by atoms with Gasteiger partial charge in [-0.1, -0.05) is 36.4 Å². The van der Waals surface area contributed by atoms with Crippen LogP contribution in [0.2, 0.25) is 0 Å². The van der Waals surface area contributed by atoms with Crippen molar-refractivity contribution in [2.45, 2.75) is 26.4 Å². The average molecular weight is 469 g/mol. The number of ether oxygens (including phenoxy) is 2. The molecule has 0 aliphatic carbocycles. The molecule has 0 heterocycles. The number of hydrogen-bond donors (Lipinski definition) is 2. The molecule has 4 aromatic rings. The Morgan fingerprint density at radius 3 is 1.37 bits per heavy atom. The summed E-state index contributed by atoms with van der Waals surface area (Å²) in [7, 11) is 0. The molecule has 0 spiro atoms. The van der Waals surface area contributed by atoms with Crippen LogP contribution in [0.4, 0.5) is 0 Å². The Labute approximate surface area is 205 Å². The van der Waals surface area contributed by atoms with E-state index in [2.05, 4.69) is 18.2 Å². The van der Waals surface area contributed by atoms with Crippen LogP contribution in [0.25, 0.3) is 33.4 Å². The highest BCUT2D eigenvalue weighted by Gasteiger charge is 2.16. The van der Waals surface area contributed by atoms with Crippen LogP contribution in [0.1, 0.15) is 20.8 Å². The molecule has 0 saturated carbocycles. The van der Waals surface area contributed by atoms with E-state index in [0.717, 1.165) is 33.4 Å². The largest absolute Gasteiger partial charge is 0.508 e. The van der Waals surface area contributed by atoms with Gasteiger partial charge < -0.3 is 19.7 Å². The van der Waals surface area contributed by atoms with Crippen LogP contribution in [0.3, 0.4) is 0 Å². The quantitative estimate of drug-likeness (QED) is 0.304. The number of rotatable bonds is 6. The maximum absolute atomic E-state index is 11.9. The Balaban J connectivity index is 1.63. The Hall–Kier alpha value is -4.25. The van der Waals surface area contributed by atoms with E-state index in [-0.39, 0.29) is 18.1 Å². The minimum atomic E-state index is -0.554. The molecule has 35 heavy (non-hydrogen) atoms. The molecule has 0 aliphatic rings. The molecule has 0 radical (unpaired) electrons. The summed E-state index contributed by atoms with van der Waals surface area (Å²) >= 11 is 0. The van der Waals surface area contributed by atoms with Crippen molar-refractivity contribution in [2.75, 3.05) is 6.61 Å². The third-order valence-electron chi connectivity index (χ3n) is 5.30. The van der Waals surface area contributed by atoms with Gasteiger partial charge in [0.1, 0.15) is 22.8 Å². The molecule has 5 nitrogen and oxygen atoms in total. The number of carbonyl (C=O) groups excluding carboxylic acids is 1. The fraction of sp³-hybridized carbons (Fsp3) is 0.167. The summed E-state index contributed by atoms with van der Waals surface area (Å²) in [6.07, 6.45) is 0. The molecule has 0 unspecified atom stereocenters. The summed E-state index contributed by atoms with van der Waals surface area (Å²) in [6, 6.07) is 28.0. The number of phenols is 2. The van der Waals surface area contributed by atoms with E-state index in [9.17, 15) is 15.0 Å². The van der Waals surface area contributed by atoms with Crippen molar-refractivity contribution in [1.29, 1.82) is 0 Å². The molecule has 2 N–H and O–H groups in total. The summed E-state index contributed by atoms with van der Waals surface area (Å²) in [5.74, 6) is 0.589. The van der Waals surface area contributed by atoms with Gasteiger partial charge in [0.2, 0.25) is 0 Å². The van der Waals surface area contributed by atoms with Crippen LogP contribution < -0.4 is 4.74 Å². The first-order chi connectivity index (χ1) is 16.7. The highest BCUT2D eigenvalue weighted by atomic mass is 16.6. The minimum Gasteiger partial charge on any atom is -0.508 e. The summed E-state index contributed by atoms with van der Waals surface area (Å²) in [6.45, 7) is 5.30. The number of aromatic hydroxyl groups is 2. The van der Waals surface area contributed by atoms with Gasteiger partial charge >= 0.3 is 5.97 Å². The van der Waals surface area contributed by atoms with Crippen LogP contribution >= 0.6 is 0 Å². The Morgan fingerprint density at radius 2 is 1.00 bits per heavy atom. The lowest BCUT2D eigenvalue weighted by Crippen LogP contribution is -2.27. The van der Waals surface area contributed by atoms with Crippen LogP contribution in [0, 0.1) is 0 Å². The molecule has 0 fully saturated rings. The molecule has 0 aromatic heterocycles. The van der Waals surface area contributed by atoms with Crippen molar-refractivity contribution in [3.8, 4) is 50.6 Å². The van der Waals surface area contributed by atoms with Gasteiger partial charge in [-0.3, -0.25) is 0 Å². The molecular weight excluding hydrogens is 440 g/mol. The van der Waals surface area contributed by atoms with Crippen molar-refractivity contribution >= 4 is 5.97 Å². The van der Waals surface area contributed by atoms with Crippen molar-refractivity contribution < 1.29 is 24.5 Å². The zero-order valence-electron chi connectivity index (χ0n) is 20.0. The SMILES string of the molecule is CC(C)(C)OC(=O)COc1ccc(-c2cc(-c3ccc(O)cc3)cc(-c3ccc(O)cc3)c2)cc1. The standard InChI is InChI=1S/C30H28O5/c1-30(2,3)35-29(33)19-34-28-14-8-22(9-15-28)25-17-23(20-4-10-26(31)11-5-20)16-24(18-25)21-6-12-27(32)13-7-21/h4-18,31-32H,19H2,1-3H3. The van der Waals surface area contributed by atoms with Crippen LogP contribution in [-0.4, -0.2) is 28.4 Å². The third-order valence-corrected chi connectivity index (χ3v) is 5.30. The number of phenolic OH excluding ortho intramolecular Hbond substituents is 2. The number of hydrogen-bond acceptors (Lipinski definition) is 5. The van der Waals surface area contributed by atoms with Gasteiger partial charge in [0, 0.05) is 0 Å². The fourth-order valence-electron chi connectivity index (χ4n) is 3.69. The predicted molar refractivity (Wildman–Crippen MR) is 137 cm³/mol. The van der Waals surface area contributed by atoms with E-state index in [4.69, 9.17) is 9.47 Å². The minimum absolute atomic E-state index is 0.155. The van der Waals surface area contributed by atoms with Crippen molar-refractivity contribution in [3.05, 3.63) is 91.0 Å². The lowest BCUT2D eigenvalue weighted by atomic mass is 9.93. The zero-order valence-corrected chi connectivity index (χ0v) is 20.0. The second kappa shape index (κ2) is 9.94. The molecular formula is C30H28O5. The van der Waals surface area contributed by atoms with Gasteiger partial charge in [-0.15, -0.1) is 0 Å². The molecule has 178 valence electrons. The number of esters is 1. The summed E-state index contributed by atoms with van der Waals surface area (Å²) in [4.78, 5) is 11.9. The Morgan fingerprint density at radius 1 is 0.629 bits per heavy atom. The first-order valence-electron chi connectivity index (χ1n) is 11.4. The van der Waals surface area contributed by atoms with Gasteiger partial charge in [-0.25, -0.2) is 4.79 Å². The van der Waals surface area contributed by atoms with E-state index >= 15 is 0 Å². The summed E-state index contributed by atoms with van der Waals surface area (Å²) < 4.78 is 10.9. The molecule has 4 rings (SSSR count). The first kappa shape index (κ1) is 23.9. The maximum Gasteiger partial charge on any atom is 0.344 e. The number of benzene rings is 4. The van der Waals surface area contributed by atoms with Gasteiger partial charge in [-0.05, 0) is 109 Å². The summed E-state index contributed by atoms with van der Waals surface area (Å²) in [5.41, 5.74) is 5.37. The molecule has 4 aromatic carbocycles. The third kappa shape index (κ3) is 6.42. The van der Waals surface area contributed by atoms with E-state index in [1.54, 1.807) is 24.3 Å². The molecule has 0 amide bonds. The summed E-state index contributed by atoms with van der Waals surface area (Å²) in [5, 5.41) is 19.4. The van der Waals surface area contributed by atoms with Crippen molar-refractivity contribution in [2.24, 2.45) is 0 Å². The maximum atomic E-state index is 11.9. The monoisotopic (exact) mass is 468 g/mol. The van der Waals surface area contributed by atoms with Gasteiger partial charge in [0.25, 0.3) is 0 Å². The first-order valence-corrected chi connectivity index (χ1v) is 11.4. The lowest BCUT2D eigenvalue weighted by Gasteiger charge is -2.19.